The zero-order valence-corrected chi connectivity index (χ0v) is 16.4. The molecule has 10 heteroatoms. The van der Waals surface area contributed by atoms with E-state index in [-0.39, 0.29) is 25.7 Å². The zero-order chi connectivity index (χ0) is 20.9. The molecule has 1 heterocycles. The number of rotatable bonds is 2. The number of hydrogen-bond acceptors (Lipinski definition) is 1. The smallest absolute Gasteiger partial charge is 0.450 e. The molecule has 0 radical (unpaired) electrons. The van der Waals surface area contributed by atoms with E-state index in [1.165, 1.54) is 24.3 Å². The van der Waals surface area contributed by atoms with Gasteiger partial charge in [0, 0.05) is 25.5 Å². The minimum absolute atomic E-state index is 0.0336. The first-order valence-corrected chi connectivity index (χ1v) is 8.96. The molecule has 28 heavy (non-hydrogen) atoms. The first-order chi connectivity index (χ1) is 12.9. The summed E-state index contributed by atoms with van der Waals surface area (Å²) in [5, 5.41) is -0.317. The van der Waals surface area contributed by atoms with Crippen molar-refractivity contribution in [1.82, 2.24) is 0 Å². The predicted octanol–water partition coefficient (Wildman–Crippen LogP) is 8.62. The quantitative estimate of drug-likeness (QED) is 0.319. The van der Waals surface area contributed by atoms with Crippen LogP contribution in [0.15, 0.2) is 45.3 Å². The monoisotopic (exact) mass is 502 g/mol. The van der Waals surface area contributed by atoms with Gasteiger partial charge in [0.25, 0.3) is 0 Å². The van der Waals surface area contributed by atoms with Crippen molar-refractivity contribution < 1.29 is 30.8 Å². The van der Waals surface area contributed by atoms with Crippen molar-refractivity contribution in [3.8, 4) is 0 Å². The normalized spacial score (nSPS) is 13.4. The Morgan fingerprint density at radius 2 is 1.54 bits per heavy atom. The Bertz CT molecular complexity index is 1080. The Morgan fingerprint density at radius 3 is 2.14 bits per heavy atom. The van der Waals surface area contributed by atoms with Crippen molar-refractivity contribution in [2.24, 2.45) is 0 Å². The highest BCUT2D eigenvalue weighted by atomic mass is 79.9. The molecule has 0 N–H and O–H groups in total. The molecule has 2 aromatic carbocycles. The van der Waals surface area contributed by atoms with Crippen molar-refractivity contribution in [2.75, 3.05) is 0 Å². The number of benzene rings is 2. The number of allylic oxidation sites excluding steroid dienone is 1. The molecule has 3 aromatic rings. The molecule has 0 fully saturated rings. The lowest BCUT2D eigenvalue weighted by molar-refractivity contribution is -0.152. The molecule has 0 aliphatic heterocycles. The maximum Gasteiger partial charge on any atom is 0.450 e. The van der Waals surface area contributed by atoms with E-state index in [9.17, 15) is 26.3 Å². The Morgan fingerprint density at radius 1 is 0.929 bits per heavy atom. The average Bonchev–Trinajstić information content (AvgIpc) is 2.93. The summed E-state index contributed by atoms with van der Waals surface area (Å²) in [7, 11) is 0. The number of hydrogen-bond donors (Lipinski definition) is 0. The van der Waals surface area contributed by atoms with Gasteiger partial charge in [-0.3, -0.25) is 0 Å². The van der Waals surface area contributed by atoms with Crippen LogP contribution in [0.2, 0.25) is 10.0 Å². The van der Waals surface area contributed by atoms with Crippen LogP contribution in [0.1, 0.15) is 16.9 Å². The standard InChI is InChI=1S/C18H7BrCl2F6O/c19-13-3-1-9(20)5-8(13)6-12(17(22,23)24)15-11-7-10(21)2-4-14(11)28-16(15)18(25,26)27/h1-7H. The molecule has 0 aliphatic carbocycles. The summed E-state index contributed by atoms with van der Waals surface area (Å²) in [6.45, 7) is 0. The lowest BCUT2D eigenvalue weighted by Crippen LogP contribution is -2.15. The Balaban J connectivity index is 2.42. The van der Waals surface area contributed by atoms with Crippen LogP contribution in [0.25, 0.3) is 22.6 Å². The van der Waals surface area contributed by atoms with Gasteiger partial charge < -0.3 is 4.42 Å². The molecule has 0 amide bonds. The summed E-state index contributed by atoms with van der Waals surface area (Å²) < 4.78 is 86.9. The second-order valence-electron chi connectivity index (χ2n) is 5.67. The van der Waals surface area contributed by atoms with Crippen LogP contribution >= 0.6 is 39.1 Å². The second-order valence-corrected chi connectivity index (χ2v) is 7.39. The van der Waals surface area contributed by atoms with Crippen molar-refractivity contribution in [3.63, 3.8) is 0 Å². The molecule has 0 atom stereocenters. The first-order valence-electron chi connectivity index (χ1n) is 7.41. The molecule has 0 bridgehead atoms. The minimum Gasteiger partial charge on any atom is -0.451 e. The fourth-order valence-electron chi connectivity index (χ4n) is 2.61. The number of furan rings is 1. The molecule has 0 spiro atoms. The van der Waals surface area contributed by atoms with Gasteiger partial charge >= 0.3 is 12.4 Å². The van der Waals surface area contributed by atoms with Gasteiger partial charge in [-0.25, -0.2) is 0 Å². The largest absolute Gasteiger partial charge is 0.451 e. The van der Waals surface area contributed by atoms with E-state index in [2.05, 4.69) is 15.9 Å². The maximum atomic E-state index is 13.8. The summed E-state index contributed by atoms with van der Waals surface area (Å²) in [4.78, 5) is 0. The Hall–Kier alpha value is -1.64. The topological polar surface area (TPSA) is 13.1 Å². The molecule has 0 saturated carbocycles. The Kier molecular flexibility index (Phi) is 5.51. The second kappa shape index (κ2) is 7.31. The predicted molar refractivity (Wildman–Crippen MR) is 99.3 cm³/mol. The highest BCUT2D eigenvalue weighted by molar-refractivity contribution is 9.10. The van der Waals surface area contributed by atoms with Crippen LogP contribution in [0.4, 0.5) is 26.3 Å². The zero-order valence-electron chi connectivity index (χ0n) is 13.4. The fraction of sp³-hybridized carbons (Fsp3) is 0.111. The van der Waals surface area contributed by atoms with Crippen molar-refractivity contribution in [3.05, 3.63) is 67.8 Å². The molecule has 1 aromatic heterocycles. The van der Waals surface area contributed by atoms with E-state index in [1.54, 1.807) is 0 Å². The van der Waals surface area contributed by atoms with Crippen LogP contribution in [0, 0.1) is 0 Å². The first kappa shape index (κ1) is 21.1. The third-order valence-corrected chi connectivity index (χ3v) is 4.93. The highest BCUT2D eigenvalue weighted by Gasteiger charge is 2.46. The van der Waals surface area contributed by atoms with Crippen LogP contribution in [-0.4, -0.2) is 6.18 Å². The third-order valence-electron chi connectivity index (χ3n) is 3.74. The molecular formula is C18H7BrCl2F6O. The van der Waals surface area contributed by atoms with E-state index in [4.69, 9.17) is 27.6 Å². The fourth-order valence-corrected chi connectivity index (χ4v) is 3.33. The molecule has 1 nitrogen and oxygen atoms in total. The van der Waals surface area contributed by atoms with E-state index in [0.717, 1.165) is 12.1 Å². The van der Waals surface area contributed by atoms with Crippen LogP contribution in [0.3, 0.4) is 0 Å². The third kappa shape index (κ3) is 4.18. The summed E-state index contributed by atoms with van der Waals surface area (Å²) in [5.74, 6) is -1.76. The summed E-state index contributed by atoms with van der Waals surface area (Å²) >= 11 is 14.7. The highest BCUT2D eigenvalue weighted by Crippen LogP contribution is 2.47. The van der Waals surface area contributed by atoms with E-state index in [0.29, 0.717) is 6.08 Å². The van der Waals surface area contributed by atoms with Gasteiger partial charge in [-0.2, -0.15) is 26.3 Å². The van der Waals surface area contributed by atoms with Crippen molar-refractivity contribution in [1.29, 1.82) is 0 Å². The summed E-state index contributed by atoms with van der Waals surface area (Å²) in [6.07, 6.45) is -9.70. The van der Waals surface area contributed by atoms with E-state index < -0.39 is 34.6 Å². The van der Waals surface area contributed by atoms with E-state index >= 15 is 0 Å². The molecule has 0 aliphatic rings. The number of alkyl halides is 6. The minimum atomic E-state index is -5.16. The molecule has 3 rings (SSSR count). The summed E-state index contributed by atoms with van der Waals surface area (Å²) in [6, 6.07) is 7.31. The number of halogens is 9. The van der Waals surface area contributed by atoms with Gasteiger partial charge in [-0.1, -0.05) is 39.1 Å². The van der Waals surface area contributed by atoms with Crippen LogP contribution < -0.4 is 0 Å². The van der Waals surface area contributed by atoms with Gasteiger partial charge in [0.05, 0.1) is 5.57 Å². The molecule has 0 saturated heterocycles. The maximum absolute atomic E-state index is 13.8. The van der Waals surface area contributed by atoms with Gasteiger partial charge in [-0.15, -0.1) is 0 Å². The number of fused-ring (bicyclic) bond motifs is 1. The molecule has 0 unspecified atom stereocenters. The van der Waals surface area contributed by atoms with Gasteiger partial charge in [-0.05, 0) is 48.0 Å². The van der Waals surface area contributed by atoms with E-state index in [1.807, 2.05) is 0 Å². The van der Waals surface area contributed by atoms with Crippen molar-refractivity contribution in [2.45, 2.75) is 12.4 Å². The molecular weight excluding hydrogens is 497 g/mol. The SMILES string of the molecule is FC(F)(F)C(=Cc1cc(Cl)ccc1Br)c1c(C(F)(F)F)oc2ccc(Cl)cc12. The van der Waals surface area contributed by atoms with Gasteiger partial charge in [0.1, 0.15) is 5.58 Å². The Labute approximate surface area is 172 Å². The van der Waals surface area contributed by atoms with Gasteiger partial charge in [0.15, 0.2) is 0 Å². The van der Waals surface area contributed by atoms with Crippen molar-refractivity contribution >= 4 is 61.8 Å². The van der Waals surface area contributed by atoms with Crippen LogP contribution in [-0.2, 0) is 6.18 Å². The summed E-state index contributed by atoms with van der Waals surface area (Å²) in [5.41, 5.74) is -3.09. The van der Waals surface area contributed by atoms with Crippen LogP contribution in [0.5, 0.6) is 0 Å². The lowest BCUT2D eigenvalue weighted by Gasteiger charge is -2.14. The molecule has 148 valence electrons. The lowest BCUT2D eigenvalue weighted by atomic mass is 9.98. The average molecular weight is 504 g/mol. The van der Waals surface area contributed by atoms with Gasteiger partial charge in [0.2, 0.25) is 5.76 Å².